The Labute approximate surface area is 137 Å². The number of hydrogen-bond donors (Lipinski definition) is 1. The van der Waals surface area contributed by atoms with Crippen LogP contribution in [0.3, 0.4) is 0 Å². The summed E-state index contributed by atoms with van der Waals surface area (Å²) in [5, 5.41) is 7.03. The Bertz CT molecular complexity index is 485. The summed E-state index contributed by atoms with van der Waals surface area (Å²) in [4.78, 5) is 14.5. The molecule has 1 amide bonds. The van der Waals surface area contributed by atoms with Crippen LogP contribution in [0.15, 0.2) is 12.4 Å². The highest BCUT2D eigenvalue weighted by Crippen LogP contribution is 2.18. The molecule has 0 saturated carbocycles. The van der Waals surface area contributed by atoms with Gasteiger partial charge in [0.05, 0.1) is 11.8 Å². The van der Waals surface area contributed by atoms with Gasteiger partial charge >= 0.3 is 0 Å². The smallest absolute Gasteiger partial charge is 0.254 e. The minimum atomic E-state index is -0.195. The summed E-state index contributed by atoms with van der Waals surface area (Å²) < 4.78 is 12.9. The third kappa shape index (κ3) is 5.30. The molecule has 1 fully saturated rings. The number of aromatic nitrogens is 2. The maximum Gasteiger partial charge on any atom is 0.254 e. The van der Waals surface area contributed by atoms with Gasteiger partial charge in [0.1, 0.15) is 0 Å². The first kappa shape index (κ1) is 17.9. The van der Waals surface area contributed by atoms with Gasteiger partial charge in [0.2, 0.25) is 0 Å². The molecule has 1 aliphatic heterocycles. The number of carbonyl (C=O) groups is 1. The standard InChI is InChI=1S/C16H28N4O3/c1-4-22-15(23-5-2)12-20-8-6-7-14(20)10-17-16(21)13-9-18-19(3)11-13/h9,11,14-15H,4-8,10,12H2,1-3H3,(H,17,21)/t14-/m0/s1. The molecule has 0 unspecified atom stereocenters. The second-order valence-electron chi connectivity index (χ2n) is 5.74. The molecule has 7 nitrogen and oxygen atoms in total. The SMILES string of the molecule is CCOC(CN1CCC[C@H]1CNC(=O)c1cnn(C)c1)OCC. The molecule has 2 rings (SSSR count). The molecule has 0 bridgehead atoms. The zero-order valence-corrected chi connectivity index (χ0v) is 14.3. The molecule has 7 heteroatoms. The molecular weight excluding hydrogens is 296 g/mol. The Morgan fingerprint density at radius 1 is 1.43 bits per heavy atom. The van der Waals surface area contributed by atoms with Crippen LogP contribution in [0.2, 0.25) is 0 Å². The van der Waals surface area contributed by atoms with Crippen molar-refractivity contribution in [3.8, 4) is 0 Å². The molecule has 0 aromatic carbocycles. The van der Waals surface area contributed by atoms with Gasteiger partial charge in [0, 0.05) is 45.6 Å². The van der Waals surface area contributed by atoms with Crippen LogP contribution in [0, 0.1) is 0 Å². The maximum atomic E-state index is 12.1. The molecule has 0 spiro atoms. The second-order valence-corrected chi connectivity index (χ2v) is 5.74. The molecule has 0 radical (unpaired) electrons. The average Bonchev–Trinajstić information content (AvgIpc) is 3.14. The van der Waals surface area contributed by atoms with E-state index in [0.29, 0.717) is 31.4 Å². The number of hydrogen-bond acceptors (Lipinski definition) is 5. The van der Waals surface area contributed by atoms with E-state index in [1.165, 1.54) is 0 Å². The molecule has 0 aliphatic carbocycles. The van der Waals surface area contributed by atoms with Crippen LogP contribution in [0.4, 0.5) is 0 Å². The minimum Gasteiger partial charge on any atom is -0.352 e. The van der Waals surface area contributed by atoms with Crippen LogP contribution in [-0.4, -0.2) is 65.8 Å². The Hall–Kier alpha value is -1.44. The van der Waals surface area contributed by atoms with Crippen molar-refractivity contribution in [2.24, 2.45) is 7.05 Å². The summed E-state index contributed by atoms with van der Waals surface area (Å²) in [5.74, 6) is -0.0730. The van der Waals surface area contributed by atoms with Gasteiger partial charge in [-0.3, -0.25) is 14.4 Å². The molecular formula is C16H28N4O3. The fourth-order valence-electron chi connectivity index (χ4n) is 2.93. The minimum absolute atomic E-state index is 0.0730. The van der Waals surface area contributed by atoms with Gasteiger partial charge in [0.25, 0.3) is 5.91 Å². The van der Waals surface area contributed by atoms with Crippen molar-refractivity contribution in [2.45, 2.75) is 39.0 Å². The molecule has 1 aliphatic rings. The van der Waals surface area contributed by atoms with Crippen LogP contribution >= 0.6 is 0 Å². The van der Waals surface area contributed by atoms with E-state index in [-0.39, 0.29) is 12.2 Å². The fraction of sp³-hybridized carbons (Fsp3) is 0.750. The average molecular weight is 324 g/mol. The molecule has 130 valence electrons. The lowest BCUT2D eigenvalue weighted by Crippen LogP contribution is -2.44. The van der Waals surface area contributed by atoms with Crippen molar-refractivity contribution in [1.29, 1.82) is 0 Å². The van der Waals surface area contributed by atoms with Crippen LogP contribution < -0.4 is 5.32 Å². The van der Waals surface area contributed by atoms with Gasteiger partial charge in [-0.1, -0.05) is 0 Å². The van der Waals surface area contributed by atoms with Gasteiger partial charge in [0.15, 0.2) is 6.29 Å². The summed E-state index contributed by atoms with van der Waals surface area (Å²) in [5.41, 5.74) is 0.596. The molecule has 23 heavy (non-hydrogen) atoms. The van der Waals surface area contributed by atoms with Crippen molar-refractivity contribution in [3.05, 3.63) is 18.0 Å². The summed E-state index contributed by atoms with van der Waals surface area (Å²) in [7, 11) is 1.80. The van der Waals surface area contributed by atoms with Crippen LogP contribution in [0.5, 0.6) is 0 Å². The molecule has 1 aromatic heterocycles. The Balaban J connectivity index is 1.82. The molecule has 1 aromatic rings. The van der Waals surface area contributed by atoms with E-state index in [1.54, 1.807) is 24.1 Å². The van der Waals surface area contributed by atoms with Crippen LogP contribution in [-0.2, 0) is 16.5 Å². The number of rotatable bonds is 9. The highest BCUT2D eigenvalue weighted by atomic mass is 16.7. The first-order chi connectivity index (χ1) is 11.1. The van der Waals surface area contributed by atoms with E-state index in [4.69, 9.17) is 9.47 Å². The molecule has 2 heterocycles. The second kappa shape index (κ2) is 9.00. The third-order valence-corrected chi connectivity index (χ3v) is 4.05. The normalized spacial score (nSPS) is 18.7. The van der Waals surface area contributed by atoms with E-state index in [1.807, 2.05) is 13.8 Å². The zero-order valence-electron chi connectivity index (χ0n) is 14.3. The number of aryl methyl sites for hydroxylation is 1. The number of nitrogens with zero attached hydrogens (tertiary/aromatic N) is 3. The number of nitrogens with one attached hydrogen (secondary N) is 1. The first-order valence-electron chi connectivity index (χ1n) is 8.38. The largest absolute Gasteiger partial charge is 0.352 e. The number of ether oxygens (including phenoxy) is 2. The summed E-state index contributed by atoms with van der Waals surface area (Å²) in [6.07, 6.45) is 5.33. The number of likely N-dealkylation sites (tertiary alicyclic amines) is 1. The lowest BCUT2D eigenvalue weighted by Gasteiger charge is -2.28. The Kier molecular flexibility index (Phi) is 7.01. The maximum absolute atomic E-state index is 12.1. The van der Waals surface area contributed by atoms with Gasteiger partial charge in [-0.15, -0.1) is 0 Å². The van der Waals surface area contributed by atoms with Crippen molar-refractivity contribution in [1.82, 2.24) is 20.0 Å². The van der Waals surface area contributed by atoms with E-state index in [2.05, 4.69) is 15.3 Å². The van der Waals surface area contributed by atoms with Crippen molar-refractivity contribution in [2.75, 3.05) is 32.8 Å². The monoisotopic (exact) mass is 324 g/mol. The topological polar surface area (TPSA) is 68.6 Å². The van der Waals surface area contributed by atoms with E-state index < -0.39 is 0 Å². The Morgan fingerprint density at radius 2 is 2.17 bits per heavy atom. The number of carbonyl (C=O) groups excluding carboxylic acids is 1. The summed E-state index contributed by atoms with van der Waals surface area (Å²) in [6.45, 7) is 7.63. The predicted molar refractivity (Wildman–Crippen MR) is 87.2 cm³/mol. The highest BCUT2D eigenvalue weighted by Gasteiger charge is 2.27. The lowest BCUT2D eigenvalue weighted by molar-refractivity contribution is -0.148. The van der Waals surface area contributed by atoms with Gasteiger partial charge < -0.3 is 14.8 Å². The van der Waals surface area contributed by atoms with Crippen molar-refractivity contribution >= 4 is 5.91 Å². The third-order valence-electron chi connectivity index (χ3n) is 4.05. The quantitative estimate of drug-likeness (QED) is 0.687. The Morgan fingerprint density at radius 3 is 2.78 bits per heavy atom. The van der Waals surface area contributed by atoms with Gasteiger partial charge in [-0.05, 0) is 33.2 Å². The summed E-state index contributed by atoms with van der Waals surface area (Å²) >= 11 is 0. The van der Waals surface area contributed by atoms with E-state index in [9.17, 15) is 4.79 Å². The zero-order chi connectivity index (χ0) is 16.7. The fourth-order valence-corrected chi connectivity index (χ4v) is 2.93. The van der Waals surface area contributed by atoms with Crippen molar-refractivity contribution in [3.63, 3.8) is 0 Å². The van der Waals surface area contributed by atoms with Crippen LogP contribution in [0.1, 0.15) is 37.0 Å². The number of amides is 1. The van der Waals surface area contributed by atoms with Gasteiger partial charge in [-0.25, -0.2) is 0 Å². The first-order valence-corrected chi connectivity index (χ1v) is 8.38. The van der Waals surface area contributed by atoms with Crippen LogP contribution in [0.25, 0.3) is 0 Å². The van der Waals surface area contributed by atoms with Gasteiger partial charge in [-0.2, -0.15) is 5.10 Å². The highest BCUT2D eigenvalue weighted by molar-refractivity contribution is 5.93. The van der Waals surface area contributed by atoms with E-state index >= 15 is 0 Å². The molecule has 1 saturated heterocycles. The lowest BCUT2D eigenvalue weighted by atomic mass is 10.2. The molecule has 1 N–H and O–H groups in total. The molecule has 1 atom stereocenters. The van der Waals surface area contributed by atoms with Crippen molar-refractivity contribution < 1.29 is 14.3 Å². The summed E-state index contributed by atoms with van der Waals surface area (Å²) in [6, 6.07) is 0.332. The van der Waals surface area contributed by atoms with E-state index in [0.717, 1.165) is 25.9 Å². The predicted octanol–water partition coefficient (Wildman–Crippen LogP) is 1.01.